The van der Waals surface area contributed by atoms with Crippen LogP contribution in [0.3, 0.4) is 0 Å². The van der Waals surface area contributed by atoms with Crippen molar-refractivity contribution in [2.24, 2.45) is 0 Å². The van der Waals surface area contributed by atoms with Crippen molar-refractivity contribution in [1.29, 1.82) is 0 Å². The molecule has 0 aliphatic rings. The summed E-state index contributed by atoms with van der Waals surface area (Å²) in [7, 11) is -2.60. The minimum absolute atomic E-state index is 0.00360. The summed E-state index contributed by atoms with van der Waals surface area (Å²) in [6.45, 7) is 29.4. The lowest BCUT2D eigenvalue weighted by Crippen LogP contribution is -2.19. The molecule has 2 N–H and O–H groups in total. The Hall–Kier alpha value is -2.19. The molecule has 4 heteroatoms. The van der Waals surface area contributed by atoms with Gasteiger partial charge in [-0.2, -0.15) is 0 Å². The number of hydrogen-bond acceptors (Lipinski definition) is 3. The first-order valence-electron chi connectivity index (χ1n) is 15.5. The van der Waals surface area contributed by atoms with E-state index in [9.17, 15) is 9.79 Å². The molecule has 0 aliphatic heterocycles. The van der Waals surface area contributed by atoms with Crippen molar-refractivity contribution in [3.8, 4) is 28.0 Å². The van der Waals surface area contributed by atoms with Crippen molar-refractivity contribution in [3.63, 3.8) is 0 Å². The van der Waals surface area contributed by atoms with Crippen molar-refractivity contribution in [1.82, 2.24) is 0 Å². The molecule has 0 fully saturated rings. The fourth-order valence-corrected chi connectivity index (χ4v) is 5.97. The second-order valence-electron chi connectivity index (χ2n) is 15.9. The third kappa shape index (κ3) is 7.85. The Morgan fingerprint density at radius 2 is 1.05 bits per heavy atom. The zero-order valence-corrected chi connectivity index (χ0v) is 29.4. The van der Waals surface area contributed by atoms with E-state index in [-0.39, 0.29) is 21.7 Å². The standard InChI is InChI=1S/C38H55O3P/c1-14-15-16-25-17-22-32(41-42(39)40)34(29-21-19-27(36(5,6)7)24-31(29)38(11,12)13)33(25)28-20-18-26(35(2,3)4)23-30(28)37(8,9)10/h17-24,39-40H,14-16H2,1-13H3. The second-order valence-corrected chi connectivity index (χ2v) is 16.6. The maximum atomic E-state index is 10.1. The van der Waals surface area contributed by atoms with Gasteiger partial charge in [0.1, 0.15) is 5.75 Å². The highest BCUT2D eigenvalue weighted by Crippen LogP contribution is 2.50. The van der Waals surface area contributed by atoms with Crippen LogP contribution in [0, 0.1) is 0 Å². The van der Waals surface area contributed by atoms with Gasteiger partial charge in [0.05, 0.1) is 0 Å². The normalized spacial score (nSPS) is 13.1. The van der Waals surface area contributed by atoms with Crippen molar-refractivity contribution >= 4 is 8.60 Å². The first-order chi connectivity index (χ1) is 19.2. The van der Waals surface area contributed by atoms with E-state index in [1.165, 1.54) is 33.4 Å². The highest BCUT2D eigenvalue weighted by molar-refractivity contribution is 7.39. The summed E-state index contributed by atoms with van der Waals surface area (Å²) in [4.78, 5) is 20.3. The first-order valence-corrected chi connectivity index (χ1v) is 16.6. The van der Waals surface area contributed by atoms with Gasteiger partial charge in [0.2, 0.25) is 0 Å². The summed E-state index contributed by atoms with van der Waals surface area (Å²) in [5.41, 5.74) is 10.4. The van der Waals surface area contributed by atoms with Gasteiger partial charge in [0, 0.05) is 5.56 Å². The lowest BCUT2D eigenvalue weighted by molar-refractivity contribution is 0.375. The number of unbranched alkanes of at least 4 members (excludes halogenated alkanes) is 1. The Bertz CT molecular complexity index is 1390. The predicted molar refractivity (Wildman–Crippen MR) is 183 cm³/mol. The number of rotatable bonds is 7. The van der Waals surface area contributed by atoms with Crippen LogP contribution in [0.15, 0.2) is 48.5 Å². The zero-order chi connectivity index (χ0) is 31.8. The zero-order valence-electron chi connectivity index (χ0n) is 28.5. The molecule has 0 saturated heterocycles. The van der Waals surface area contributed by atoms with Crippen LogP contribution in [0.1, 0.15) is 131 Å². The van der Waals surface area contributed by atoms with E-state index in [2.05, 4.69) is 132 Å². The minimum atomic E-state index is -2.60. The van der Waals surface area contributed by atoms with Crippen LogP contribution in [0.4, 0.5) is 0 Å². The monoisotopic (exact) mass is 590 g/mol. The molecule has 0 bridgehead atoms. The summed E-state index contributed by atoms with van der Waals surface area (Å²) in [6.07, 6.45) is 3.09. The molecule has 0 amide bonds. The molecule has 42 heavy (non-hydrogen) atoms. The summed E-state index contributed by atoms with van der Waals surface area (Å²) < 4.78 is 5.87. The van der Waals surface area contributed by atoms with Gasteiger partial charge in [-0.3, -0.25) is 0 Å². The Balaban J connectivity index is 2.60. The maximum absolute atomic E-state index is 10.1. The van der Waals surface area contributed by atoms with Gasteiger partial charge >= 0.3 is 8.60 Å². The molecular weight excluding hydrogens is 535 g/mol. The molecule has 3 nitrogen and oxygen atoms in total. The number of aryl methyl sites for hydroxylation is 1. The fraction of sp³-hybridized carbons (Fsp3) is 0.526. The molecular formula is C38H55O3P. The van der Waals surface area contributed by atoms with Crippen LogP contribution in [0.2, 0.25) is 0 Å². The Kier molecular flexibility index (Phi) is 10.2. The van der Waals surface area contributed by atoms with E-state index in [1.807, 2.05) is 6.07 Å². The summed E-state index contributed by atoms with van der Waals surface area (Å²) in [5.74, 6) is 0.509. The van der Waals surface area contributed by atoms with Crippen LogP contribution >= 0.6 is 8.60 Å². The van der Waals surface area contributed by atoms with Gasteiger partial charge in [-0.25, -0.2) is 0 Å². The molecule has 0 atom stereocenters. The highest BCUT2D eigenvalue weighted by Gasteiger charge is 2.30. The van der Waals surface area contributed by atoms with Gasteiger partial charge in [-0.15, -0.1) is 0 Å². The molecule has 0 spiro atoms. The SMILES string of the molecule is CCCCc1ccc(OP(O)O)c(-c2ccc(C(C)(C)C)cc2C(C)(C)C)c1-c1ccc(C(C)(C)C)cc1C(C)(C)C. The van der Waals surface area contributed by atoms with E-state index in [0.717, 1.165) is 36.0 Å². The molecule has 0 unspecified atom stereocenters. The van der Waals surface area contributed by atoms with E-state index >= 15 is 0 Å². The van der Waals surface area contributed by atoms with Crippen molar-refractivity contribution in [3.05, 3.63) is 76.3 Å². The minimum Gasteiger partial charge on any atom is -0.426 e. The molecule has 230 valence electrons. The summed E-state index contributed by atoms with van der Waals surface area (Å²) in [6, 6.07) is 17.8. The number of benzene rings is 3. The van der Waals surface area contributed by atoms with Gasteiger partial charge in [0.25, 0.3) is 0 Å². The lowest BCUT2D eigenvalue weighted by Gasteiger charge is -2.32. The summed E-state index contributed by atoms with van der Waals surface area (Å²) in [5, 5.41) is 0. The third-order valence-corrected chi connectivity index (χ3v) is 8.52. The van der Waals surface area contributed by atoms with Crippen molar-refractivity contribution in [2.75, 3.05) is 0 Å². The first kappa shape index (κ1) is 34.3. The molecule has 3 rings (SSSR count). The average Bonchev–Trinajstić information content (AvgIpc) is 2.84. The topological polar surface area (TPSA) is 49.7 Å². The van der Waals surface area contributed by atoms with Crippen LogP contribution in [0.5, 0.6) is 5.75 Å². The van der Waals surface area contributed by atoms with E-state index in [1.54, 1.807) is 0 Å². The van der Waals surface area contributed by atoms with Crippen molar-refractivity contribution < 1.29 is 14.3 Å². The van der Waals surface area contributed by atoms with Crippen LogP contribution in [0.25, 0.3) is 22.3 Å². The van der Waals surface area contributed by atoms with Gasteiger partial charge in [0.15, 0.2) is 0 Å². The third-order valence-electron chi connectivity index (χ3n) is 8.16. The van der Waals surface area contributed by atoms with E-state index in [4.69, 9.17) is 4.52 Å². The molecule has 0 aliphatic carbocycles. The van der Waals surface area contributed by atoms with E-state index in [0.29, 0.717) is 5.75 Å². The van der Waals surface area contributed by atoms with Gasteiger partial charge < -0.3 is 14.3 Å². The Morgan fingerprint density at radius 3 is 1.43 bits per heavy atom. The van der Waals surface area contributed by atoms with Crippen LogP contribution < -0.4 is 4.52 Å². The lowest BCUT2D eigenvalue weighted by atomic mass is 9.73. The predicted octanol–water partition coefficient (Wildman–Crippen LogP) is 11.1. The largest absolute Gasteiger partial charge is 0.426 e. The smallest absolute Gasteiger partial charge is 0.391 e. The fourth-order valence-electron chi connectivity index (χ4n) is 5.64. The second kappa shape index (κ2) is 12.4. The molecule has 3 aromatic carbocycles. The Labute approximate surface area is 257 Å². The van der Waals surface area contributed by atoms with Gasteiger partial charge in [-0.05, 0) is 85.1 Å². The quantitative estimate of drug-likeness (QED) is 0.269. The van der Waals surface area contributed by atoms with Crippen LogP contribution in [-0.4, -0.2) is 9.79 Å². The molecule has 0 heterocycles. The summed E-state index contributed by atoms with van der Waals surface area (Å²) >= 11 is 0. The molecule has 0 saturated carbocycles. The van der Waals surface area contributed by atoms with E-state index < -0.39 is 8.60 Å². The molecule has 0 aromatic heterocycles. The number of hydrogen-bond donors (Lipinski definition) is 2. The highest BCUT2D eigenvalue weighted by atomic mass is 31.2. The maximum Gasteiger partial charge on any atom is 0.391 e. The molecule has 3 aromatic rings. The average molecular weight is 591 g/mol. The van der Waals surface area contributed by atoms with Gasteiger partial charge in [-0.1, -0.05) is 139 Å². The van der Waals surface area contributed by atoms with Crippen LogP contribution in [-0.2, 0) is 28.1 Å². The molecule has 0 radical (unpaired) electrons. The Morgan fingerprint density at radius 1 is 0.595 bits per heavy atom. The van der Waals surface area contributed by atoms with Crippen molar-refractivity contribution in [2.45, 2.75) is 131 Å².